The molecule has 0 radical (unpaired) electrons. The molecule has 0 heterocycles. The Morgan fingerprint density at radius 3 is 2.18 bits per heavy atom. The molecule has 0 spiro atoms. The third-order valence-corrected chi connectivity index (χ3v) is 7.21. The molecule has 1 atom stereocenters. The molecular formula is C23H28Cl3N3O4S. The molecule has 0 saturated carbocycles. The summed E-state index contributed by atoms with van der Waals surface area (Å²) in [6.07, 6.45) is 1.00. The van der Waals surface area contributed by atoms with Gasteiger partial charge in [-0.25, -0.2) is 8.42 Å². The van der Waals surface area contributed by atoms with E-state index in [9.17, 15) is 18.0 Å². The number of benzene rings is 2. The topological polar surface area (TPSA) is 86.8 Å². The molecule has 0 aromatic heterocycles. The number of rotatable bonds is 9. The zero-order chi connectivity index (χ0) is 25.8. The number of carbonyl (C=O) groups excluding carboxylic acids is 2. The fourth-order valence-electron chi connectivity index (χ4n) is 3.17. The average Bonchev–Trinajstić information content (AvgIpc) is 2.71. The van der Waals surface area contributed by atoms with Gasteiger partial charge in [-0.3, -0.25) is 13.9 Å². The first-order valence-corrected chi connectivity index (χ1v) is 13.5. The van der Waals surface area contributed by atoms with Gasteiger partial charge in [0.05, 0.1) is 11.9 Å². The number of nitrogens with zero attached hydrogens (tertiary/aromatic N) is 2. The molecule has 2 aromatic carbocycles. The van der Waals surface area contributed by atoms with E-state index < -0.39 is 28.5 Å². The van der Waals surface area contributed by atoms with Crippen molar-refractivity contribution in [1.29, 1.82) is 0 Å². The largest absolute Gasteiger partial charge is 0.352 e. The van der Waals surface area contributed by atoms with Gasteiger partial charge in [-0.15, -0.1) is 0 Å². The summed E-state index contributed by atoms with van der Waals surface area (Å²) in [5.74, 6) is -0.961. The zero-order valence-electron chi connectivity index (χ0n) is 19.6. The van der Waals surface area contributed by atoms with Gasteiger partial charge in [0.1, 0.15) is 12.6 Å². The average molecular weight is 549 g/mol. The Kier molecular flexibility index (Phi) is 9.65. The highest BCUT2D eigenvalue weighted by molar-refractivity contribution is 7.92. The lowest BCUT2D eigenvalue weighted by molar-refractivity contribution is -0.139. The van der Waals surface area contributed by atoms with Gasteiger partial charge in [-0.2, -0.15) is 0 Å². The minimum absolute atomic E-state index is 0.0201. The maximum atomic E-state index is 13.5. The number of amides is 2. The number of carbonyl (C=O) groups is 2. The summed E-state index contributed by atoms with van der Waals surface area (Å²) < 4.78 is 26.1. The van der Waals surface area contributed by atoms with E-state index in [1.807, 2.05) is 0 Å². The van der Waals surface area contributed by atoms with Crippen LogP contribution in [0.3, 0.4) is 0 Å². The Morgan fingerprint density at radius 2 is 1.65 bits per heavy atom. The zero-order valence-corrected chi connectivity index (χ0v) is 22.7. The van der Waals surface area contributed by atoms with Gasteiger partial charge < -0.3 is 10.2 Å². The Bertz CT molecular complexity index is 1170. The van der Waals surface area contributed by atoms with Crippen LogP contribution in [-0.2, 0) is 26.2 Å². The van der Waals surface area contributed by atoms with Crippen molar-refractivity contribution in [2.75, 3.05) is 17.1 Å². The third-order valence-electron chi connectivity index (χ3n) is 5.08. The van der Waals surface area contributed by atoms with Crippen molar-refractivity contribution in [3.05, 3.63) is 62.6 Å². The highest BCUT2D eigenvalue weighted by Gasteiger charge is 2.30. The van der Waals surface area contributed by atoms with Crippen LogP contribution in [0.25, 0.3) is 0 Å². The van der Waals surface area contributed by atoms with Crippen molar-refractivity contribution in [1.82, 2.24) is 10.2 Å². The summed E-state index contributed by atoms with van der Waals surface area (Å²) in [5, 5.41) is 3.90. The molecule has 0 bridgehead atoms. The van der Waals surface area contributed by atoms with Gasteiger partial charge in [0.15, 0.2) is 0 Å². The number of halogens is 3. The van der Waals surface area contributed by atoms with E-state index >= 15 is 0 Å². The van der Waals surface area contributed by atoms with Gasteiger partial charge in [-0.1, -0.05) is 46.9 Å². The van der Waals surface area contributed by atoms with E-state index in [4.69, 9.17) is 34.8 Å². The van der Waals surface area contributed by atoms with Crippen LogP contribution in [0.5, 0.6) is 0 Å². The Balaban J connectivity index is 2.44. The van der Waals surface area contributed by atoms with Gasteiger partial charge in [-0.05, 0) is 63.1 Å². The first-order valence-electron chi connectivity index (χ1n) is 10.5. The standard InChI is InChI=1S/C23H28Cl3N3O4S/c1-14(2)27-23(31)16(4)28(12-17-7-8-18(24)10-21(17)26)22(30)13-29(34(5,32)33)19-9-6-15(3)20(25)11-19/h6-11,14,16H,12-13H2,1-5H3,(H,27,31)/t16-/m1/s1. The van der Waals surface area contributed by atoms with Crippen LogP contribution >= 0.6 is 34.8 Å². The fourth-order valence-corrected chi connectivity index (χ4v) is 4.66. The number of hydrogen-bond donors (Lipinski definition) is 1. The van der Waals surface area contributed by atoms with Crippen LogP contribution in [0.1, 0.15) is 31.9 Å². The second-order valence-electron chi connectivity index (χ2n) is 8.30. The normalized spacial score (nSPS) is 12.4. The van der Waals surface area contributed by atoms with Crippen molar-refractivity contribution < 1.29 is 18.0 Å². The SMILES string of the molecule is Cc1ccc(N(CC(=O)N(Cc2ccc(Cl)cc2Cl)[C@H](C)C(=O)NC(C)C)S(C)(=O)=O)cc1Cl. The minimum Gasteiger partial charge on any atom is -0.352 e. The summed E-state index contributed by atoms with van der Waals surface area (Å²) in [6, 6.07) is 8.51. The van der Waals surface area contributed by atoms with E-state index in [0.29, 0.717) is 20.6 Å². The van der Waals surface area contributed by atoms with Crippen LogP contribution < -0.4 is 9.62 Å². The Labute approximate surface area is 216 Å². The Morgan fingerprint density at radius 1 is 1.00 bits per heavy atom. The molecule has 0 aliphatic heterocycles. The predicted octanol–water partition coefficient (Wildman–Crippen LogP) is 4.66. The second-order valence-corrected chi connectivity index (χ2v) is 11.5. The van der Waals surface area contributed by atoms with E-state index in [2.05, 4.69) is 5.32 Å². The summed E-state index contributed by atoms with van der Waals surface area (Å²) in [5.41, 5.74) is 1.58. The first-order chi connectivity index (χ1) is 15.7. The summed E-state index contributed by atoms with van der Waals surface area (Å²) in [6.45, 7) is 6.43. The molecular weight excluding hydrogens is 521 g/mol. The number of hydrogen-bond acceptors (Lipinski definition) is 4. The van der Waals surface area contributed by atoms with Crippen LogP contribution in [-0.4, -0.2) is 50.0 Å². The highest BCUT2D eigenvalue weighted by Crippen LogP contribution is 2.26. The van der Waals surface area contributed by atoms with Crippen molar-refractivity contribution in [3.8, 4) is 0 Å². The highest BCUT2D eigenvalue weighted by atomic mass is 35.5. The molecule has 1 N–H and O–H groups in total. The number of anilines is 1. The molecule has 2 aromatic rings. The predicted molar refractivity (Wildman–Crippen MR) is 138 cm³/mol. The summed E-state index contributed by atoms with van der Waals surface area (Å²) in [4.78, 5) is 27.5. The molecule has 0 aliphatic rings. The molecule has 0 saturated heterocycles. The van der Waals surface area contributed by atoms with Gasteiger partial charge in [0, 0.05) is 27.7 Å². The Hall–Kier alpha value is -2.00. The maximum Gasteiger partial charge on any atom is 0.244 e. The molecule has 11 heteroatoms. The van der Waals surface area contributed by atoms with E-state index in [-0.39, 0.29) is 24.2 Å². The second kappa shape index (κ2) is 11.6. The van der Waals surface area contributed by atoms with Crippen molar-refractivity contribution in [2.45, 2.75) is 46.3 Å². The third kappa shape index (κ3) is 7.50. The molecule has 2 rings (SSSR count). The lowest BCUT2D eigenvalue weighted by atomic mass is 10.1. The number of nitrogens with one attached hydrogen (secondary N) is 1. The lowest BCUT2D eigenvalue weighted by Gasteiger charge is -2.32. The molecule has 0 fully saturated rings. The van der Waals surface area contributed by atoms with Gasteiger partial charge in [0.2, 0.25) is 21.8 Å². The van der Waals surface area contributed by atoms with Crippen molar-refractivity contribution in [2.24, 2.45) is 0 Å². The van der Waals surface area contributed by atoms with Crippen LogP contribution in [0.15, 0.2) is 36.4 Å². The van der Waals surface area contributed by atoms with E-state index in [0.717, 1.165) is 16.1 Å². The van der Waals surface area contributed by atoms with Crippen LogP contribution in [0.4, 0.5) is 5.69 Å². The number of aryl methyl sites for hydroxylation is 1. The van der Waals surface area contributed by atoms with Crippen LogP contribution in [0, 0.1) is 6.92 Å². The number of sulfonamides is 1. The molecule has 34 heavy (non-hydrogen) atoms. The summed E-state index contributed by atoms with van der Waals surface area (Å²) in [7, 11) is -3.84. The lowest BCUT2D eigenvalue weighted by Crippen LogP contribution is -2.52. The first kappa shape index (κ1) is 28.2. The molecule has 0 unspecified atom stereocenters. The maximum absolute atomic E-state index is 13.5. The summed E-state index contributed by atoms with van der Waals surface area (Å²) >= 11 is 18.5. The molecule has 186 valence electrons. The molecule has 2 amide bonds. The van der Waals surface area contributed by atoms with Gasteiger partial charge in [0.25, 0.3) is 0 Å². The van der Waals surface area contributed by atoms with Crippen LogP contribution in [0.2, 0.25) is 15.1 Å². The molecule has 7 nitrogen and oxygen atoms in total. The van der Waals surface area contributed by atoms with E-state index in [1.54, 1.807) is 52.0 Å². The van der Waals surface area contributed by atoms with Gasteiger partial charge >= 0.3 is 0 Å². The molecule has 0 aliphatic carbocycles. The quantitative estimate of drug-likeness (QED) is 0.494. The fraction of sp³-hybridized carbons (Fsp3) is 0.391. The smallest absolute Gasteiger partial charge is 0.244 e. The van der Waals surface area contributed by atoms with E-state index in [1.165, 1.54) is 17.0 Å². The monoisotopic (exact) mass is 547 g/mol. The van der Waals surface area contributed by atoms with Crippen molar-refractivity contribution in [3.63, 3.8) is 0 Å². The van der Waals surface area contributed by atoms with Crippen molar-refractivity contribution >= 4 is 62.3 Å². The minimum atomic E-state index is -3.84.